The highest BCUT2D eigenvalue weighted by Gasteiger charge is 2.23. The maximum absolute atomic E-state index is 12.3. The number of nitrogens with zero attached hydrogens (tertiary/aromatic N) is 2. The summed E-state index contributed by atoms with van der Waals surface area (Å²) in [5.74, 6) is -0.0586. The molecule has 1 fully saturated rings. The first-order valence-corrected chi connectivity index (χ1v) is 10.0. The zero-order valence-corrected chi connectivity index (χ0v) is 17.0. The van der Waals surface area contributed by atoms with Crippen LogP contribution in [0.3, 0.4) is 0 Å². The first-order valence-electron chi connectivity index (χ1n) is 8.45. The van der Waals surface area contributed by atoms with Crippen LogP contribution in [0.25, 0.3) is 0 Å². The van der Waals surface area contributed by atoms with Crippen LogP contribution in [0, 0.1) is 0 Å². The normalized spacial score (nSPS) is 20.9. The van der Waals surface area contributed by atoms with E-state index in [-0.39, 0.29) is 18.1 Å². The number of benzene rings is 1. The monoisotopic (exact) mass is 413 g/mol. The number of carbonyl (C=O) groups excluding carboxylic acids is 1. The van der Waals surface area contributed by atoms with E-state index in [0.29, 0.717) is 28.1 Å². The largest absolute Gasteiger partial charge is 0.373 e. The predicted octanol–water partition coefficient (Wildman–Crippen LogP) is 4.09. The second-order valence-electron chi connectivity index (χ2n) is 6.54. The molecule has 1 N–H and O–H groups in total. The fourth-order valence-electron chi connectivity index (χ4n) is 3.08. The minimum atomic E-state index is -0.0586. The number of aromatic nitrogens is 1. The third kappa shape index (κ3) is 5.41. The van der Waals surface area contributed by atoms with Crippen LogP contribution < -0.4 is 5.32 Å². The number of thiazole rings is 1. The summed E-state index contributed by atoms with van der Waals surface area (Å²) in [5, 5.41) is 4.73. The van der Waals surface area contributed by atoms with Crippen molar-refractivity contribution < 1.29 is 9.53 Å². The number of hydrogen-bond donors (Lipinski definition) is 1. The van der Waals surface area contributed by atoms with Gasteiger partial charge in [-0.2, -0.15) is 0 Å². The average molecular weight is 414 g/mol. The van der Waals surface area contributed by atoms with Gasteiger partial charge in [0.1, 0.15) is 0 Å². The minimum Gasteiger partial charge on any atom is -0.373 e. The molecular weight excluding hydrogens is 393 g/mol. The molecule has 0 spiro atoms. The van der Waals surface area contributed by atoms with Gasteiger partial charge in [0.15, 0.2) is 5.13 Å². The Morgan fingerprint density at radius 1 is 1.35 bits per heavy atom. The second-order valence-corrected chi connectivity index (χ2v) is 8.50. The summed E-state index contributed by atoms with van der Waals surface area (Å²) in [7, 11) is 0. The summed E-state index contributed by atoms with van der Waals surface area (Å²) in [5.41, 5.74) is 0.980. The Bertz CT molecular complexity index is 774. The van der Waals surface area contributed by atoms with E-state index >= 15 is 0 Å². The van der Waals surface area contributed by atoms with Gasteiger partial charge >= 0.3 is 0 Å². The van der Waals surface area contributed by atoms with Crippen LogP contribution in [0.4, 0.5) is 5.13 Å². The highest BCUT2D eigenvalue weighted by atomic mass is 35.5. The zero-order valence-electron chi connectivity index (χ0n) is 14.7. The molecule has 2 aromatic rings. The Kier molecular flexibility index (Phi) is 6.53. The first-order chi connectivity index (χ1) is 12.4. The van der Waals surface area contributed by atoms with Crippen LogP contribution in [0.15, 0.2) is 24.4 Å². The maximum atomic E-state index is 12.3. The number of hydrogen-bond acceptors (Lipinski definition) is 5. The Morgan fingerprint density at radius 3 is 2.77 bits per heavy atom. The van der Waals surface area contributed by atoms with Crippen LogP contribution >= 0.6 is 34.5 Å². The van der Waals surface area contributed by atoms with E-state index in [2.05, 4.69) is 15.2 Å². The topological polar surface area (TPSA) is 54.5 Å². The molecule has 26 heavy (non-hydrogen) atoms. The number of carbonyl (C=O) groups is 1. The van der Waals surface area contributed by atoms with Gasteiger partial charge in [-0.3, -0.25) is 9.69 Å². The summed E-state index contributed by atoms with van der Waals surface area (Å²) in [6.07, 6.45) is 2.70. The molecule has 0 saturated carbocycles. The van der Waals surface area contributed by atoms with Gasteiger partial charge in [-0.25, -0.2) is 4.98 Å². The minimum absolute atomic E-state index is 0.0586. The van der Waals surface area contributed by atoms with Crippen molar-refractivity contribution in [3.63, 3.8) is 0 Å². The molecule has 1 aliphatic heterocycles. The van der Waals surface area contributed by atoms with Crippen molar-refractivity contribution >= 4 is 45.6 Å². The molecule has 0 bridgehead atoms. The fraction of sp³-hybridized carbons (Fsp3) is 0.444. The van der Waals surface area contributed by atoms with E-state index < -0.39 is 0 Å². The summed E-state index contributed by atoms with van der Waals surface area (Å²) < 4.78 is 5.69. The van der Waals surface area contributed by atoms with Gasteiger partial charge in [-0.05, 0) is 31.5 Å². The van der Waals surface area contributed by atoms with E-state index in [9.17, 15) is 4.79 Å². The summed E-state index contributed by atoms with van der Waals surface area (Å²) in [6.45, 7) is 5.91. The highest BCUT2D eigenvalue weighted by Crippen LogP contribution is 2.27. The lowest BCUT2D eigenvalue weighted by Crippen LogP contribution is -2.48. The highest BCUT2D eigenvalue weighted by molar-refractivity contribution is 7.15. The Balaban J connectivity index is 1.55. The number of rotatable bonds is 5. The van der Waals surface area contributed by atoms with Crippen LogP contribution in [-0.4, -0.2) is 47.6 Å². The quantitative estimate of drug-likeness (QED) is 0.801. The van der Waals surface area contributed by atoms with E-state index in [0.717, 1.165) is 23.5 Å². The van der Waals surface area contributed by atoms with Crippen molar-refractivity contribution in [3.05, 3.63) is 44.9 Å². The van der Waals surface area contributed by atoms with Crippen LogP contribution in [0.5, 0.6) is 0 Å². The molecule has 2 heterocycles. The molecule has 8 heteroatoms. The van der Waals surface area contributed by atoms with Crippen LogP contribution in [-0.2, 0) is 16.0 Å². The molecule has 1 aromatic heterocycles. The standard InChI is InChI=1S/C18H21Cl2N3O2S/c1-11-8-23(9-12(2)25-11)10-17(24)22-18-21-7-15(26-18)5-13-3-4-14(19)6-16(13)20/h3-4,6-7,11-12H,5,8-10H2,1-2H3,(H,21,22,24)/t11-,12+. The van der Waals surface area contributed by atoms with E-state index in [1.165, 1.54) is 11.3 Å². The van der Waals surface area contributed by atoms with Gasteiger partial charge < -0.3 is 10.1 Å². The Hall–Kier alpha value is -1.18. The van der Waals surface area contributed by atoms with Crippen molar-refractivity contribution in [2.24, 2.45) is 0 Å². The molecule has 1 aliphatic rings. The van der Waals surface area contributed by atoms with Crippen molar-refractivity contribution in [1.29, 1.82) is 0 Å². The number of ether oxygens (including phenoxy) is 1. The predicted molar refractivity (Wildman–Crippen MR) is 106 cm³/mol. The average Bonchev–Trinajstić information content (AvgIpc) is 2.96. The van der Waals surface area contributed by atoms with Crippen LogP contribution in [0.2, 0.25) is 10.0 Å². The molecule has 140 valence electrons. The van der Waals surface area contributed by atoms with E-state index in [4.69, 9.17) is 27.9 Å². The lowest BCUT2D eigenvalue weighted by molar-refractivity contribution is -0.121. The SMILES string of the molecule is C[C@@H]1CN(CC(=O)Nc2ncc(Cc3ccc(Cl)cc3Cl)s2)C[C@H](C)O1. The zero-order chi connectivity index (χ0) is 18.7. The molecule has 1 amide bonds. The molecule has 1 saturated heterocycles. The summed E-state index contributed by atoms with van der Waals surface area (Å²) in [4.78, 5) is 19.7. The van der Waals surface area contributed by atoms with Crippen molar-refractivity contribution in [2.45, 2.75) is 32.5 Å². The maximum Gasteiger partial charge on any atom is 0.240 e. The molecule has 1 aromatic carbocycles. The number of halogens is 2. The molecule has 5 nitrogen and oxygen atoms in total. The lowest BCUT2D eigenvalue weighted by atomic mass is 10.1. The van der Waals surface area contributed by atoms with Gasteiger partial charge in [0, 0.05) is 40.6 Å². The van der Waals surface area contributed by atoms with Gasteiger partial charge in [0.25, 0.3) is 0 Å². The fourth-order valence-corrected chi connectivity index (χ4v) is 4.40. The molecule has 2 atom stereocenters. The van der Waals surface area contributed by atoms with Gasteiger partial charge in [0.05, 0.1) is 18.8 Å². The molecular formula is C18H21Cl2N3O2S. The third-order valence-corrected chi connectivity index (χ3v) is 5.54. The summed E-state index contributed by atoms with van der Waals surface area (Å²) >= 11 is 13.6. The second kappa shape index (κ2) is 8.67. The lowest BCUT2D eigenvalue weighted by Gasteiger charge is -2.34. The van der Waals surface area contributed by atoms with Crippen molar-refractivity contribution in [1.82, 2.24) is 9.88 Å². The van der Waals surface area contributed by atoms with Gasteiger partial charge in [-0.15, -0.1) is 11.3 Å². The summed E-state index contributed by atoms with van der Waals surface area (Å²) in [6, 6.07) is 5.45. The molecule has 3 rings (SSSR count). The number of nitrogens with one attached hydrogen (secondary N) is 1. The van der Waals surface area contributed by atoms with Gasteiger partial charge in [-0.1, -0.05) is 29.3 Å². The van der Waals surface area contributed by atoms with Crippen LogP contribution in [0.1, 0.15) is 24.3 Å². The number of morpholine rings is 1. The Morgan fingerprint density at radius 2 is 2.08 bits per heavy atom. The first kappa shape index (κ1) is 19.6. The third-order valence-electron chi connectivity index (χ3n) is 4.04. The Labute approximate surface area is 167 Å². The smallest absolute Gasteiger partial charge is 0.240 e. The molecule has 0 radical (unpaired) electrons. The van der Waals surface area contributed by atoms with Crippen molar-refractivity contribution in [2.75, 3.05) is 25.0 Å². The number of anilines is 1. The van der Waals surface area contributed by atoms with E-state index in [1.807, 2.05) is 26.0 Å². The molecule has 0 aliphatic carbocycles. The van der Waals surface area contributed by atoms with Gasteiger partial charge in [0.2, 0.25) is 5.91 Å². The molecule has 0 unspecified atom stereocenters. The number of amides is 1. The van der Waals surface area contributed by atoms with E-state index in [1.54, 1.807) is 12.3 Å². The van der Waals surface area contributed by atoms with Crippen molar-refractivity contribution in [3.8, 4) is 0 Å².